The van der Waals surface area contributed by atoms with Gasteiger partial charge in [0.2, 0.25) is 27.8 Å². The zero-order valence-corrected chi connectivity index (χ0v) is 31.8. The van der Waals surface area contributed by atoms with Crippen molar-refractivity contribution in [2.24, 2.45) is 0 Å². The number of nitrogens with one attached hydrogen (secondary N) is 4. The Hall–Kier alpha value is -4.96. The molecule has 2 aliphatic heterocycles. The maximum atomic E-state index is 15.0. The monoisotopic (exact) mass is 758 g/mol. The molecular weight excluding hydrogens is 712 g/mol. The molecule has 2 saturated heterocycles. The van der Waals surface area contributed by atoms with E-state index in [0.29, 0.717) is 42.6 Å². The highest BCUT2D eigenvalue weighted by Gasteiger charge is 2.30. The summed E-state index contributed by atoms with van der Waals surface area (Å²) in [6.07, 6.45) is 2.24. The molecule has 15 heteroatoms. The molecule has 6 rings (SSSR count). The van der Waals surface area contributed by atoms with Crippen LogP contribution >= 0.6 is 0 Å². The Morgan fingerprint density at radius 1 is 0.944 bits per heavy atom. The number of nitrogens with zero attached hydrogens (tertiary/aromatic N) is 4. The van der Waals surface area contributed by atoms with Crippen molar-refractivity contribution in [1.29, 1.82) is 0 Å². The fourth-order valence-corrected chi connectivity index (χ4v) is 7.86. The van der Waals surface area contributed by atoms with Gasteiger partial charge in [0.25, 0.3) is 0 Å². The van der Waals surface area contributed by atoms with Crippen LogP contribution in [0.25, 0.3) is 0 Å². The van der Waals surface area contributed by atoms with Gasteiger partial charge < -0.3 is 15.4 Å². The first-order valence-corrected chi connectivity index (χ1v) is 19.5. The number of piperazine rings is 1. The smallest absolute Gasteiger partial charge is 0.241 e. The number of carbonyl (C=O) groups excluding carboxylic acids is 2. The molecule has 0 saturated carbocycles. The molecule has 3 heterocycles. The third kappa shape index (κ3) is 10.4. The Morgan fingerprint density at radius 2 is 1.69 bits per heavy atom. The number of hydrogen-bond donors (Lipinski definition) is 4. The molecule has 1 unspecified atom stereocenters. The fraction of sp³-hybridized carbons (Fsp3) is 0.385. The highest BCUT2D eigenvalue weighted by molar-refractivity contribution is 7.89. The van der Waals surface area contributed by atoms with E-state index in [9.17, 15) is 22.4 Å². The molecule has 0 bridgehead atoms. The highest BCUT2D eigenvalue weighted by atomic mass is 32.2. The van der Waals surface area contributed by atoms with Crippen LogP contribution in [0.4, 0.5) is 27.5 Å². The van der Waals surface area contributed by atoms with Crippen molar-refractivity contribution in [3.63, 3.8) is 0 Å². The first kappa shape index (κ1) is 38.8. The molecule has 2 amide bonds. The van der Waals surface area contributed by atoms with E-state index in [4.69, 9.17) is 4.74 Å². The van der Waals surface area contributed by atoms with Crippen LogP contribution in [0.2, 0.25) is 0 Å². The van der Waals surface area contributed by atoms with Crippen LogP contribution in [0.5, 0.6) is 5.75 Å². The number of halogens is 1. The second-order valence-electron chi connectivity index (χ2n) is 14.7. The lowest BCUT2D eigenvalue weighted by Crippen LogP contribution is -2.47. The van der Waals surface area contributed by atoms with Crippen molar-refractivity contribution in [3.05, 3.63) is 95.4 Å². The maximum absolute atomic E-state index is 15.0. The van der Waals surface area contributed by atoms with Crippen LogP contribution in [0.3, 0.4) is 0 Å². The van der Waals surface area contributed by atoms with Crippen molar-refractivity contribution in [1.82, 2.24) is 29.8 Å². The predicted octanol–water partition coefficient (Wildman–Crippen LogP) is 5.20. The predicted molar refractivity (Wildman–Crippen MR) is 205 cm³/mol. The van der Waals surface area contributed by atoms with Crippen LogP contribution in [0, 0.1) is 12.7 Å². The third-order valence-electron chi connectivity index (χ3n) is 9.16. The van der Waals surface area contributed by atoms with Gasteiger partial charge in [0, 0.05) is 79.9 Å². The van der Waals surface area contributed by atoms with Gasteiger partial charge in [0.05, 0.1) is 10.8 Å². The zero-order chi connectivity index (χ0) is 38.5. The van der Waals surface area contributed by atoms with Gasteiger partial charge in [-0.25, -0.2) is 22.5 Å². The van der Waals surface area contributed by atoms with Gasteiger partial charge in [-0.05, 0) is 88.2 Å². The van der Waals surface area contributed by atoms with Gasteiger partial charge in [-0.1, -0.05) is 18.2 Å². The van der Waals surface area contributed by atoms with Gasteiger partial charge >= 0.3 is 0 Å². The number of sulfonamides is 1. The molecule has 4 N–H and O–H groups in total. The Bertz CT molecular complexity index is 2080. The van der Waals surface area contributed by atoms with E-state index < -0.39 is 33.2 Å². The number of imide groups is 1. The quantitative estimate of drug-likeness (QED) is 0.133. The minimum absolute atomic E-state index is 0.153. The average Bonchev–Trinajstić information content (AvgIpc) is 3.11. The van der Waals surface area contributed by atoms with Crippen molar-refractivity contribution in [2.75, 3.05) is 50.0 Å². The standard InChI is InChI=1S/C39H47FN8O5S/c1-26-24-41-38(45-36(26)42-29-6-5-7-31(23-29)54(51,52)46-39(2,3)4)43-28-9-11-30(12-10-28)53-21-20-47-16-18-48(19-17-47)25-27-8-13-32(34(40)22-27)33-14-15-35(49)44-37(33)50/h5-13,22-24,33,46H,14-21,25H2,1-4H3,(H,44,49,50)(H2,41,42,43,45). The summed E-state index contributed by atoms with van der Waals surface area (Å²) < 4.78 is 49.3. The van der Waals surface area contributed by atoms with E-state index in [0.717, 1.165) is 55.3 Å². The number of amides is 2. The van der Waals surface area contributed by atoms with Gasteiger partial charge in [-0.3, -0.25) is 24.7 Å². The number of hydrogen-bond acceptors (Lipinski definition) is 11. The maximum Gasteiger partial charge on any atom is 0.241 e. The van der Waals surface area contributed by atoms with Crippen LogP contribution in [-0.2, 0) is 26.2 Å². The molecule has 0 aliphatic carbocycles. The van der Waals surface area contributed by atoms with E-state index in [-0.39, 0.29) is 17.2 Å². The van der Waals surface area contributed by atoms with Crippen molar-refractivity contribution in [2.45, 2.75) is 63.4 Å². The number of rotatable bonds is 13. The van der Waals surface area contributed by atoms with Gasteiger partial charge in [-0.15, -0.1) is 0 Å². The average molecular weight is 759 g/mol. The number of aromatic nitrogens is 2. The van der Waals surface area contributed by atoms with E-state index in [1.165, 1.54) is 6.07 Å². The molecule has 2 aliphatic rings. The molecule has 13 nitrogen and oxygen atoms in total. The lowest BCUT2D eigenvalue weighted by Gasteiger charge is -2.34. The number of aryl methyl sites for hydroxylation is 1. The molecule has 0 spiro atoms. The minimum atomic E-state index is -3.70. The summed E-state index contributed by atoms with van der Waals surface area (Å²) in [7, 11) is -3.70. The first-order chi connectivity index (χ1) is 25.7. The number of piperidine rings is 1. The van der Waals surface area contributed by atoms with Crippen molar-refractivity contribution in [3.8, 4) is 5.75 Å². The van der Waals surface area contributed by atoms with Crippen LogP contribution in [0.1, 0.15) is 56.2 Å². The van der Waals surface area contributed by atoms with Gasteiger partial charge in [-0.2, -0.15) is 4.98 Å². The molecule has 0 radical (unpaired) electrons. The first-order valence-electron chi connectivity index (χ1n) is 18.0. The molecule has 1 aromatic heterocycles. The van der Waals surface area contributed by atoms with E-state index in [2.05, 4.69) is 40.4 Å². The molecule has 54 heavy (non-hydrogen) atoms. The Kier molecular flexibility index (Phi) is 11.9. The number of benzene rings is 3. The highest BCUT2D eigenvalue weighted by Crippen LogP contribution is 2.28. The number of carbonyl (C=O) groups is 2. The van der Waals surface area contributed by atoms with Crippen LogP contribution in [-0.4, -0.2) is 84.9 Å². The normalized spacial score (nSPS) is 17.2. The summed E-state index contributed by atoms with van der Waals surface area (Å²) in [6, 6.07) is 19.2. The van der Waals surface area contributed by atoms with E-state index in [1.807, 2.05) is 37.3 Å². The molecule has 3 aromatic carbocycles. The summed E-state index contributed by atoms with van der Waals surface area (Å²) in [6.45, 7) is 12.6. The van der Waals surface area contributed by atoms with Crippen molar-refractivity contribution >= 4 is 45.0 Å². The third-order valence-corrected chi connectivity index (χ3v) is 10.9. The fourth-order valence-electron chi connectivity index (χ4n) is 6.40. The Morgan fingerprint density at radius 3 is 2.39 bits per heavy atom. The minimum Gasteiger partial charge on any atom is -0.492 e. The SMILES string of the molecule is Cc1cnc(Nc2ccc(OCCN3CCN(Cc4ccc(C5CCC(=O)NC5=O)c(F)c4)CC3)cc2)nc1Nc1cccc(S(=O)(=O)NC(C)(C)C)c1. The molecular formula is C39H47FN8O5S. The molecule has 2 fully saturated rings. The summed E-state index contributed by atoms with van der Waals surface area (Å²) in [5.74, 6) is -0.120. The van der Waals surface area contributed by atoms with E-state index in [1.54, 1.807) is 57.3 Å². The number of anilines is 4. The van der Waals surface area contributed by atoms with Gasteiger partial charge in [0.15, 0.2) is 0 Å². The Labute approximate surface area is 315 Å². The summed E-state index contributed by atoms with van der Waals surface area (Å²) in [5.41, 5.74) is 2.73. The summed E-state index contributed by atoms with van der Waals surface area (Å²) in [4.78, 5) is 37.5. The topological polar surface area (TPSA) is 158 Å². The molecule has 286 valence electrons. The lowest BCUT2D eigenvalue weighted by molar-refractivity contribution is -0.134. The molecule has 1 atom stereocenters. The van der Waals surface area contributed by atoms with Crippen LogP contribution in [0.15, 0.2) is 77.8 Å². The molecule has 4 aromatic rings. The lowest BCUT2D eigenvalue weighted by atomic mass is 9.89. The van der Waals surface area contributed by atoms with Crippen LogP contribution < -0.4 is 25.4 Å². The summed E-state index contributed by atoms with van der Waals surface area (Å²) >= 11 is 0. The largest absolute Gasteiger partial charge is 0.492 e. The van der Waals surface area contributed by atoms with Gasteiger partial charge in [0.1, 0.15) is 24.0 Å². The Balaban J connectivity index is 0.941. The second kappa shape index (κ2) is 16.6. The second-order valence-corrected chi connectivity index (χ2v) is 16.4. The summed E-state index contributed by atoms with van der Waals surface area (Å²) in [5, 5.41) is 8.74. The van der Waals surface area contributed by atoms with E-state index >= 15 is 0 Å². The zero-order valence-electron chi connectivity index (χ0n) is 31.0. The van der Waals surface area contributed by atoms with Crippen molar-refractivity contribution < 1.29 is 27.1 Å². The number of ether oxygens (including phenoxy) is 1.